The van der Waals surface area contributed by atoms with E-state index in [0.717, 1.165) is 71.7 Å². The number of aromatic nitrogens is 4. The number of furan rings is 1. The number of hydrogen-bond donors (Lipinski definition) is 0. The third-order valence-corrected chi connectivity index (χ3v) is 8.57. The van der Waals surface area contributed by atoms with Crippen molar-refractivity contribution in [1.29, 1.82) is 0 Å². The van der Waals surface area contributed by atoms with Gasteiger partial charge < -0.3 is 8.98 Å². The predicted molar refractivity (Wildman–Crippen MR) is 182 cm³/mol. The zero-order valence-electron chi connectivity index (χ0n) is 24.5. The number of nitrogens with zero attached hydrogens (tertiary/aromatic N) is 4. The van der Waals surface area contributed by atoms with E-state index < -0.39 is 0 Å². The predicted octanol–water partition coefficient (Wildman–Crippen LogP) is 10.2. The Morgan fingerprint density at radius 3 is 1.80 bits per heavy atom. The van der Waals surface area contributed by atoms with Crippen molar-refractivity contribution >= 4 is 43.7 Å². The first-order valence-electron chi connectivity index (χ1n) is 15.0. The van der Waals surface area contributed by atoms with Gasteiger partial charge in [0, 0.05) is 38.5 Å². The summed E-state index contributed by atoms with van der Waals surface area (Å²) in [4.78, 5) is 14.8. The monoisotopic (exact) mass is 578 g/mol. The smallest absolute Gasteiger partial charge is 0.164 e. The van der Waals surface area contributed by atoms with E-state index in [1.807, 2.05) is 66.7 Å². The van der Waals surface area contributed by atoms with Crippen molar-refractivity contribution in [3.63, 3.8) is 0 Å². The van der Waals surface area contributed by atoms with Crippen LogP contribution in [0.15, 0.2) is 144 Å². The number of para-hydroxylation sites is 2. The molecule has 5 heteroatoms. The number of benzene rings is 6. The largest absolute Gasteiger partial charge is 0.455 e. The minimum Gasteiger partial charge on any atom is -0.455 e. The topological polar surface area (TPSA) is 56.7 Å². The summed E-state index contributed by atoms with van der Waals surface area (Å²) in [6.07, 6.45) is 0. The molecule has 0 amide bonds. The molecule has 9 aromatic rings. The highest BCUT2D eigenvalue weighted by Gasteiger charge is 2.20. The minimum absolute atomic E-state index is 0.619. The number of aryl methyl sites for hydroxylation is 1. The van der Waals surface area contributed by atoms with Crippen LogP contribution in [0.3, 0.4) is 0 Å². The molecule has 0 aliphatic heterocycles. The molecule has 0 saturated carbocycles. The molecule has 0 N–H and O–H groups in total. The van der Waals surface area contributed by atoms with Gasteiger partial charge in [-0.1, -0.05) is 97.1 Å². The van der Waals surface area contributed by atoms with Crippen LogP contribution in [0.5, 0.6) is 0 Å². The third kappa shape index (κ3) is 4.05. The summed E-state index contributed by atoms with van der Waals surface area (Å²) in [6.45, 7) is 2.11. The van der Waals surface area contributed by atoms with Crippen LogP contribution in [0.25, 0.3) is 83.6 Å². The zero-order valence-corrected chi connectivity index (χ0v) is 24.5. The van der Waals surface area contributed by atoms with E-state index in [1.54, 1.807) is 0 Å². The van der Waals surface area contributed by atoms with Crippen molar-refractivity contribution < 1.29 is 4.42 Å². The Morgan fingerprint density at radius 1 is 0.511 bits per heavy atom. The fraction of sp³-hybridized carbons (Fsp3) is 0.0250. The Labute approximate surface area is 259 Å². The average Bonchev–Trinajstić information content (AvgIpc) is 3.64. The van der Waals surface area contributed by atoms with Crippen molar-refractivity contribution in [2.24, 2.45) is 0 Å². The molecular weight excluding hydrogens is 552 g/mol. The number of rotatable bonds is 4. The maximum absolute atomic E-state index is 6.79. The Morgan fingerprint density at radius 2 is 1.11 bits per heavy atom. The van der Waals surface area contributed by atoms with E-state index in [2.05, 4.69) is 84.3 Å². The SMILES string of the molecule is Cc1cc2c(cc1-c1nc(-c3ccccc3)nc(-c3ccccc3)n1)oc1c2ccc2c1c1ccccc1n2-c1ccccc1. The van der Waals surface area contributed by atoms with Crippen LogP contribution in [-0.2, 0) is 0 Å². The summed E-state index contributed by atoms with van der Waals surface area (Å²) in [6, 6.07) is 47.8. The normalized spacial score (nSPS) is 11.7. The number of hydrogen-bond acceptors (Lipinski definition) is 4. The minimum atomic E-state index is 0.619. The zero-order chi connectivity index (χ0) is 29.9. The Bertz CT molecular complexity index is 2470. The van der Waals surface area contributed by atoms with Crippen LogP contribution in [-0.4, -0.2) is 19.5 Å². The van der Waals surface area contributed by atoms with Gasteiger partial charge in [-0.3, -0.25) is 0 Å². The van der Waals surface area contributed by atoms with Gasteiger partial charge in [-0.25, -0.2) is 15.0 Å². The third-order valence-electron chi connectivity index (χ3n) is 8.57. The van der Waals surface area contributed by atoms with Crippen molar-refractivity contribution in [3.05, 3.63) is 145 Å². The van der Waals surface area contributed by atoms with Crippen LogP contribution < -0.4 is 0 Å². The molecule has 0 fully saturated rings. The van der Waals surface area contributed by atoms with Gasteiger partial charge in [0.15, 0.2) is 17.5 Å². The lowest BCUT2D eigenvalue weighted by Gasteiger charge is -2.10. The first kappa shape index (κ1) is 25.4. The second-order valence-electron chi connectivity index (χ2n) is 11.3. The van der Waals surface area contributed by atoms with E-state index in [1.165, 1.54) is 0 Å². The molecule has 0 radical (unpaired) electrons. The second-order valence-corrected chi connectivity index (χ2v) is 11.3. The van der Waals surface area contributed by atoms with Crippen LogP contribution in [0.2, 0.25) is 0 Å². The summed E-state index contributed by atoms with van der Waals surface area (Å²) in [5.41, 5.74) is 8.95. The molecule has 0 spiro atoms. The van der Waals surface area contributed by atoms with Gasteiger partial charge in [-0.2, -0.15) is 0 Å². The summed E-state index contributed by atoms with van der Waals surface area (Å²) in [5.74, 6) is 1.89. The van der Waals surface area contributed by atoms with E-state index in [4.69, 9.17) is 19.4 Å². The van der Waals surface area contributed by atoms with Gasteiger partial charge in [0.25, 0.3) is 0 Å². The van der Waals surface area contributed by atoms with Gasteiger partial charge in [-0.15, -0.1) is 0 Å². The van der Waals surface area contributed by atoms with E-state index in [0.29, 0.717) is 17.5 Å². The first-order chi connectivity index (χ1) is 22.2. The Balaban J connectivity index is 1.29. The fourth-order valence-corrected chi connectivity index (χ4v) is 6.46. The van der Waals surface area contributed by atoms with Gasteiger partial charge >= 0.3 is 0 Å². The Hall–Kier alpha value is -6.07. The molecule has 45 heavy (non-hydrogen) atoms. The molecule has 0 saturated heterocycles. The molecule has 212 valence electrons. The van der Waals surface area contributed by atoms with Gasteiger partial charge in [0.2, 0.25) is 0 Å². The highest BCUT2D eigenvalue weighted by Crippen LogP contribution is 2.42. The quantitative estimate of drug-likeness (QED) is 0.208. The standard InChI is InChI=1S/C40H26N4O/c1-25-23-32-29-21-22-34-36(30-19-11-12-20-33(30)44(34)28-17-9-4-10-18-28)37(29)45-35(32)24-31(25)40-42-38(26-13-5-2-6-14-26)41-39(43-40)27-15-7-3-8-16-27/h2-24H,1H3. The first-order valence-corrected chi connectivity index (χ1v) is 15.0. The lowest BCUT2D eigenvalue weighted by Crippen LogP contribution is -2.01. The van der Waals surface area contributed by atoms with Crippen molar-refractivity contribution in [2.45, 2.75) is 6.92 Å². The van der Waals surface area contributed by atoms with Crippen LogP contribution >= 0.6 is 0 Å². The van der Waals surface area contributed by atoms with Crippen molar-refractivity contribution in [2.75, 3.05) is 0 Å². The maximum Gasteiger partial charge on any atom is 0.164 e. The molecule has 9 rings (SSSR count). The molecule has 0 unspecified atom stereocenters. The van der Waals surface area contributed by atoms with Crippen molar-refractivity contribution in [3.8, 4) is 39.9 Å². The lowest BCUT2D eigenvalue weighted by molar-refractivity contribution is 0.673. The van der Waals surface area contributed by atoms with E-state index in [-0.39, 0.29) is 0 Å². The van der Waals surface area contributed by atoms with Crippen LogP contribution in [0.4, 0.5) is 0 Å². The fourth-order valence-electron chi connectivity index (χ4n) is 6.46. The molecule has 5 nitrogen and oxygen atoms in total. The van der Waals surface area contributed by atoms with E-state index >= 15 is 0 Å². The lowest BCUT2D eigenvalue weighted by atomic mass is 10.0. The summed E-state index contributed by atoms with van der Waals surface area (Å²) in [7, 11) is 0. The molecule has 0 aliphatic carbocycles. The molecule has 3 aromatic heterocycles. The van der Waals surface area contributed by atoms with Gasteiger partial charge in [0.1, 0.15) is 11.2 Å². The highest BCUT2D eigenvalue weighted by molar-refractivity contribution is 6.24. The highest BCUT2D eigenvalue weighted by atomic mass is 16.3. The number of fused-ring (bicyclic) bond motifs is 7. The van der Waals surface area contributed by atoms with Crippen LogP contribution in [0.1, 0.15) is 5.56 Å². The molecule has 0 bridgehead atoms. The van der Waals surface area contributed by atoms with Crippen LogP contribution in [0, 0.1) is 6.92 Å². The molecule has 3 heterocycles. The summed E-state index contributed by atoms with van der Waals surface area (Å²) >= 11 is 0. The molecule has 0 aliphatic rings. The summed E-state index contributed by atoms with van der Waals surface area (Å²) < 4.78 is 9.10. The molecular formula is C40H26N4O. The van der Waals surface area contributed by atoms with Crippen molar-refractivity contribution in [1.82, 2.24) is 19.5 Å². The molecule has 0 atom stereocenters. The average molecular weight is 579 g/mol. The summed E-state index contributed by atoms with van der Waals surface area (Å²) in [5, 5.41) is 4.44. The van der Waals surface area contributed by atoms with E-state index in [9.17, 15) is 0 Å². The maximum atomic E-state index is 6.79. The second kappa shape index (κ2) is 10.00. The Kier molecular flexibility index (Phi) is 5.65. The van der Waals surface area contributed by atoms with Gasteiger partial charge in [-0.05, 0) is 55.0 Å². The van der Waals surface area contributed by atoms with Gasteiger partial charge in [0.05, 0.1) is 16.4 Å². The molecule has 6 aromatic carbocycles.